The fraction of sp³-hybridized carbons (Fsp3) is 0.200. The van der Waals surface area contributed by atoms with E-state index in [0.29, 0.717) is 6.54 Å². The average Bonchev–Trinajstić information content (AvgIpc) is 2.43. The molecule has 100 valence electrons. The first-order valence-electron chi connectivity index (χ1n) is 6.11. The molecule has 0 fully saturated rings. The predicted molar refractivity (Wildman–Crippen MR) is 74.5 cm³/mol. The van der Waals surface area contributed by atoms with Gasteiger partial charge in [0.05, 0.1) is 6.61 Å². The topological polar surface area (TPSA) is 72.7 Å². The standard InChI is InChI=1S/C15H17NO3/c17-10-12(11-1-5-14(18)6-2-11)9-16-13-3-7-15(19)8-4-13/h1-8,12,16-19H,9-10H2. The second-order valence-corrected chi connectivity index (χ2v) is 4.40. The van der Waals surface area contributed by atoms with Gasteiger partial charge >= 0.3 is 0 Å². The molecule has 2 aromatic rings. The monoisotopic (exact) mass is 259 g/mol. The summed E-state index contributed by atoms with van der Waals surface area (Å²) < 4.78 is 0. The van der Waals surface area contributed by atoms with Gasteiger partial charge in [0.15, 0.2) is 0 Å². The number of anilines is 1. The second-order valence-electron chi connectivity index (χ2n) is 4.40. The van der Waals surface area contributed by atoms with Gasteiger partial charge < -0.3 is 20.6 Å². The third-order valence-electron chi connectivity index (χ3n) is 3.00. The van der Waals surface area contributed by atoms with Crippen molar-refractivity contribution in [3.63, 3.8) is 0 Å². The molecule has 1 unspecified atom stereocenters. The Morgan fingerprint density at radius 2 is 1.37 bits per heavy atom. The lowest BCUT2D eigenvalue weighted by Crippen LogP contribution is -2.16. The molecule has 0 aliphatic rings. The molecular formula is C15H17NO3. The fourth-order valence-corrected chi connectivity index (χ4v) is 1.85. The first-order chi connectivity index (χ1) is 9.19. The first-order valence-corrected chi connectivity index (χ1v) is 6.11. The highest BCUT2D eigenvalue weighted by molar-refractivity contribution is 5.46. The van der Waals surface area contributed by atoms with Gasteiger partial charge in [-0.1, -0.05) is 12.1 Å². The number of aromatic hydroxyl groups is 2. The molecule has 2 rings (SSSR count). The number of hydrogen-bond acceptors (Lipinski definition) is 4. The smallest absolute Gasteiger partial charge is 0.115 e. The molecule has 0 aliphatic heterocycles. The van der Waals surface area contributed by atoms with Gasteiger partial charge in [-0.05, 0) is 42.0 Å². The highest BCUT2D eigenvalue weighted by Gasteiger charge is 2.10. The van der Waals surface area contributed by atoms with Gasteiger partial charge in [-0.2, -0.15) is 0 Å². The number of phenols is 2. The van der Waals surface area contributed by atoms with Crippen LogP contribution in [0, 0.1) is 0 Å². The fourth-order valence-electron chi connectivity index (χ4n) is 1.85. The number of rotatable bonds is 5. The zero-order valence-corrected chi connectivity index (χ0v) is 10.5. The van der Waals surface area contributed by atoms with E-state index in [1.54, 1.807) is 48.5 Å². The molecule has 4 nitrogen and oxygen atoms in total. The van der Waals surface area contributed by atoms with Gasteiger partial charge in [-0.3, -0.25) is 0 Å². The number of aliphatic hydroxyl groups excluding tert-OH is 1. The highest BCUT2D eigenvalue weighted by Crippen LogP contribution is 2.20. The van der Waals surface area contributed by atoms with Crippen molar-refractivity contribution in [2.45, 2.75) is 5.92 Å². The van der Waals surface area contributed by atoms with E-state index in [1.165, 1.54) is 0 Å². The van der Waals surface area contributed by atoms with Crippen molar-refractivity contribution in [3.05, 3.63) is 54.1 Å². The van der Waals surface area contributed by atoms with Crippen LogP contribution in [0.3, 0.4) is 0 Å². The number of benzene rings is 2. The van der Waals surface area contributed by atoms with Gasteiger partial charge in [0.2, 0.25) is 0 Å². The van der Waals surface area contributed by atoms with Crippen LogP contribution < -0.4 is 5.32 Å². The molecule has 1 atom stereocenters. The van der Waals surface area contributed by atoms with Crippen LogP contribution in [0.4, 0.5) is 5.69 Å². The summed E-state index contributed by atoms with van der Waals surface area (Å²) in [5, 5.41) is 31.1. The van der Waals surface area contributed by atoms with Crippen molar-refractivity contribution in [2.75, 3.05) is 18.5 Å². The maximum atomic E-state index is 9.43. The third kappa shape index (κ3) is 3.63. The summed E-state index contributed by atoms with van der Waals surface area (Å²) in [5.41, 5.74) is 1.85. The van der Waals surface area contributed by atoms with Gasteiger partial charge in [-0.25, -0.2) is 0 Å². The van der Waals surface area contributed by atoms with Crippen LogP contribution in [-0.2, 0) is 0 Å². The van der Waals surface area contributed by atoms with Crippen LogP contribution in [-0.4, -0.2) is 28.5 Å². The normalized spacial score (nSPS) is 12.1. The van der Waals surface area contributed by atoms with Gasteiger partial charge in [-0.15, -0.1) is 0 Å². The average molecular weight is 259 g/mol. The van der Waals surface area contributed by atoms with Crippen LogP contribution >= 0.6 is 0 Å². The molecular weight excluding hydrogens is 242 g/mol. The van der Waals surface area contributed by atoms with E-state index in [9.17, 15) is 15.3 Å². The lowest BCUT2D eigenvalue weighted by atomic mass is 10.00. The molecule has 0 saturated carbocycles. The van der Waals surface area contributed by atoms with E-state index in [4.69, 9.17) is 0 Å². The lowest BCUT2D eigenvalue weighted by Gasteiger charge is -2.16. The van der Waals surface area contributed by atoms with E-state index in [0.717, 1.165) is 11.3 Å². The quantitative estimate of drug-likeness (QED) is 0.622. The molecule has 0 heterocycles. The van der Waals surface area contributed by atoms with Crippen LogP contribution in [0.15, 0.2) is 48.5 Å². The summed E-state index contributed by atoms with van der Waals surface area (Å²) in [4.78, 5) is 0. The summed E-state index contributed by atoms with van der Waals surface area (Å²) in [6.45, 7) is 0.599. The van der Waals surface area contributed by atoms with Gasteiger partial charge in [0.1, 0.15) is 11.5 Å². The van der Waals surface area contributed by atoms with E-state index >= 15 is 0 Å². The Kier molecular flexibility index (Phi) is 4.26. The Balaban J connectivity index is 1.99. The van der Waals surface area contributed by atoms with E-state index < -0.39 is 0 Å². The molecule has 0 spiro atoms. The molecule has 19 heavy (non-hydrogen) atoms. The summed E-state index contributed by atoms with van der Waals surface area (Å²) in [5.74, 6) is 0.393. The Labute approximate surface area is 112 Å². The molecule has 0 amide bonds. The molecule has 2 aromatic carbocycles. The molecule has 4 heteroatoms. The Hall–Kier alpha value is -2.20. The highest BCUT2D eigenvalue weighted by atomic mass is 16.3. The number of hydrogen-bond donors (Lipinski definition) is 4. The minimum atomic E-state index is -0.0468. The predicted octanol–water partition coefficient (Wildman–Crippen LogP) is 2.29. The van der Waals surface area contributed by atoms with Crippen molar-refractivity contribution < 1.29 is 15.3 Å². The van der Waals surface area contributed by atoms with E-state index in [1.807, 2.05) is 0 Å². The van der Waals surface area contributed by atoms with E-state index in [2.05, 4.69) is 5.32 Å². The lowest BCUT2D eigenvalue weighted by molar-refractivity contribution is 0.270. The number of nitrogens with one attached hydrogen (secondary N) is 1. The zero-order valence-electron chi connectivity index (χ0n) is 10.5. The van der Waals surface area contributed by atoms with Crippen LogP contribution in [0.25, 0.3) is 0 Å². The zero-order chi connectivity index (χ0) is 13.7. The minimum absolute atomic E-state index is 0.0237. The molecule has 0 saturated heterocycles. The SMILES string of the molecule is OCC(CNc1ccc(O)cc1)c1ccc(O)cc1. The Morgan fingerprint density at radius 3 is 1.89 bits per heavy atom. The molecule has 4 N–H and O–H groups in total. The Bertz CT molecular complexity index is 508. The van der Waals surface area contributed by atoms with Crippen molar-refractivity contribution >= 4 is 5.69 Å². The largest absolute Gasteiger partial charge is 0.508 e. The number of aliphatic hydroxyl groups is 1. The summed E-state index contributed by atoms with van der Waals surface area (Å²) in [7, 11) is 0. The second kappa shape index (κ2) is 6.11. The maximum Gasteiger partial charge on any atom is 0.115 e. The molecule has 0 aliphatic carbocycles. The maximum absolute atomic E-state index is 9.43. The number of phenolic OH excluding ortho intramolecular Hbond substituents is 2. The van der Waals surface area contributed by atoms with Crippen molar-refractivity contribution in [2.24, 2.45) is 0 Å². The first kappa shape index (κ1) is 13.2. The summed E-state index contributed by atoms with van der Waals surface area (Å²) in [6, 6.07) is 13.6. The van der Waals surface area contributed by atoms with Crippen LogP contribution in [0.1, 0.15) is 11.5 Å². The molecule has 0 aromatic heterocycles. The van der Waals surface area contributed by atoms with E-state index in [-0.39, 0.29) is 24.0 Å². The van der Waals surface area contributed by atoms with Crippen molar-refractivity contribution in [1.29, 1.82) is 0 Å². The van der Waals surface area contributed by atoms with Crippen molar-refractivity contribution in [3.8, 4) is 11.5 Å². The Morgan fingerprint density at radius 1 is 0.842 bits per heavy atom. The van der Waals surface area contributed by atoms with Crippen LogP contribution in [0.2, 0.25) is 0 Å². The summed E-state index contributed by atoms with van der Waals surface area (Å²) in [6.07, 6.45) is 0. The minimum Gasteiger partial charge on any atom is -0.508 e. The van der Waals surface area contributed by atoms with Gasteiger partial charge in [0.25, 0.3) is 0 Å². The van der Waals surface area contributed by atoms with Crippen molar-refractivity contribution in [1.82, 2.24) is 0 Å². The third-order valence-corrected chi connectivity index (χ3v) is 3.00. The van der Waals surface area contributed by atoms with Crippen LogP contribution in [0.5, 0.6) is 11.5 Å². The molecule has 0 radical (unpaired) electrons. The molecule has 0 bridgehead atoms. The summed E-state index contributed by atoms with van der Waals surface area (Å²) >= 11 is 0. The van der Waals surface area contributed by atoms with Gasteiger partial charge in [0, 0.05) is 18.2 Å².